The van der Waals surface area contributed by atoms with Crippen molar-refractivity contribution in [2.45, 2.75) is 26.3 Å². The lowest BCUT2D eigenvalue weighted by Gasteiger charge is -2.37. The molecule has 0 radical (unpaired) electrons. The molecule has 1 unspecified atom stereocenters. The van der Waals surface area contributed by atoms with Crippen LogP contribution >= 0.6 is 12.4 Å². The maximum Gasteiger partial charge on any atom is 0.259 e. The van der Waals surface area contributed by atoms with Crippen LogP contribution in [0, 0.1) is 13.8 Å². The molecule has 7 heteroatoms. The molecule has 1 amide bonds. The molecule has 2 aliphatic rings. The van der Waals surface area contributed by atoms with E-state index in [9.17, 15) is 4.79 Å². The molecule has 6 nitrogen and oxygen atoms in total. The van der Waals surface area contributed by atoms with Crippen LogP contribution in [0.4, 0.5) is 0 Å². The SMILES string of the molecule is Cc1noc(C)c1C(=O)N1CCN(C2CCNC2)CC1.Cl. The van der Waals surface area contributed by atoms with E-state index in [1.54, 1.807) is 6.92 Å². The van der Waals surface area contributed by atoms with Crippen molar-refractivity contribution in [3.63, 3.8) is 0 Å². The Labute approximate surface area is 131 Å². The third kappa shape index (κ3) is 3.22. The van der Waals surface area contributed by atoms with E-state index >= 15 is 0 Å². The zero-order valence-corrected chi connectivity index (χ0v) is 13.4. The molecule has 21 heavy (non-hydrogen) atoms. The second-order valence-corrected chi connectivity index (χ2v) is 5.67. The molecule has 0 aliphatic carbocycles. The van der Waals surface area contributed by atoms with Gasteiger partial charge in [0.25, 0.3) is 5.91 Å². The Bertz CT molecular complexity index is 472. The molecule has 2 saturated heterocycles. The molecule has 1 aromatic heterocycles. The Morgan fingerprint density at radius 3 is 2.52 bits per heavy atom. The van der Waals surface area contributed by atoms with Crippen LogP contribution in [0.3, 0.4) is 0 Å². The third-order valence-electron chi connectivity index (χ3n) is 4.40. The van der Waals surface area contributed by atoms with Crippen molar-refractivity contribution in [2.75, 3.05) is 39.3 Å². The fourth-order valence-corrected chi connectivity index (χ4v) is 3.19. The summed E-state index contributed by atoms with van der Waals surface area (Å²) in [4.78, 5) is 16.9. The summed E-state index contributed by atoms with van der Waals surface area (Å²) in [5.74, 6) is 0.681. The van der Waals surface area contributed by atoms with Gasteiger partial charge in [-0.1, -0.05) is 5.16 Å². The van der Waals surface area contributed by atoms with Gasteiger partial charge >= 0.3 is 0 Å². The number of piperazine rings is 1. The number of aromatic nitrogens is 1. The van der Waals surface area contributed by atoms with E-state index in [2.05, 4.69) is 15.4 Å². The normalized spacial score (nSPS) is 23.1. The highest BCUT2D eigenvalue weighted by molar-refractivity contribution is 5.96. The molecule has 1 atom stereocenters. The van der Waals surface area contributed by atoms with Gasteiger partial charge in [0.2, 0.25) is 0 Å². The first-order chi connectivity index (χ1) is 9.66. The van der Waals surface area contributed by atoms with Gasteiger partial charge in [-0.3, -0.25) is 9.69 Å². The molecule has 3 heterocycles. The van der Waals surface area contributed by atoms with E-state index in [0.29, 0.717) is 23.1 Å². The van der Waals surface area contributed by atoms with E-state index in [1.807, 2.05) is 11.8 Å². The molecule has 0 spiro atoms. The summed E-state index contributed by atoms with van der Waals surface area (Å²) < 4.78 is 5.09. The second-order valence-electron chi connectivity index (χ2n) is 5.67. The summed E-state index contributed by atoms with van der Waals surface area (Å²) in [5, 5.41) is 7.27. The van der Waals surface area contributed by atoms with E-state index < -0.39 is 0 Å². The fourth-order valence-electron chi connectivity index (χ4n) is 3.19. The van der Waals surface area contributed by atoms with Crippen LogP contribution in [-0.4, -0.2) is 66.2 Å². The first-order valence-electron chi connectivity index (χ1n) is 7.33. The zero-order valence-electron chi connectivity index (χ0n) is 12.6. The van der Waals surface area contributed by atoms with Crippen molar-refractivity contribution in [2.24, 2.45) is 0 Å². The number of aryl methyl sites for hydroxylation is 2. The molecule has 118 valence electrons. The number of halogens is 1. The highest BCUT2D eigenvalue weighted by Crippen LogP contribution is 2.18. The van der Waals surface area contributed by atoms with Crippen LogP contribution in [-0.2, 0) is 0 Å². The van der Waals surface area contributed by atoms with Gasteiger partial charge in [0, 0.05) is 38.8 Å². The molecule has 1 N–H and O–H groups in total. The van der Waals surface area contributed by atoms with Gasteiger partial charge in [-0.2, -0.15) is 0 Å². The quantitative estimate of drug-likeness (QED) is 0.876. The Morgan fingerprint density at radius 1 is 1.29 bits per heavy atom. The molecule has 0 bridgehead atoms. The van der Waals surface area contributed by atoms with Crippen LogP contribution in [0.2, 0.25) is 0 Å². The number of hydrogen-bond donors (Lipinski definition) is 1. The molecular weight excluding hydrogens is 292 g/mol. The molecule has 0 aromatic carbocycles. The summed E-state index contributed by atoms with van der Waals surface area (Å²) in [5.41, 5.74) is 1.33. The number of amides is 1. The highest BCUT2D eigenvalue weighted by atomic mass is 35.5. The Hall–Kier alpha value is -1.11. The summed E-state index contributed by atoms with van der Waals surface area (Å²) in [6, 6.07) is 0.645. The first kappa shape index (κ1) is 16.3. The summed E-state index contributed by atoms with van der Waals surface area (Å²) in [7, 11) is 0. The maximum absolute atomic E-state index is 12.5. The molecule has 1 aromatic rings. The Kier molecular flexibility index (Phi) is 5.24. The van der Waals surface area contributed by atoms with E-state index in [-0.39, 0.29) is 18.3 Å². The monoisotopic (exact) mass is 314 g/mol. The van der Waals surface area contributed by atoms with Crippen molar-refractivity contribution in [3.05, 3.63) is 17.0 Å². The van der Waals surface area contributed by atoms with Gasteiger partial charge in [0.15, 0.2) is 0 Å². The fraction of sp³-hybridized carbons (Fsp3) is 0.714. The van der Waals surface area contributed by atoms with Crippen molar-refractivity contribution < 1.29 is 9.32 Å². The largest absolute Gasteiger partial charge is 0.361 e. The van der Waals surface area contributed by atoms with Crippen LogP contribution in [0.5, 0.6) is 0 Å². The molecule has 3 rings (SSSR count). The van der Waals surface area contributed by atoms with E-state index in [4.69, 9.17) is 4.52 Å². The number of nitrogens with one attached hydrogen (secondary N) is 1. The number of rotatable bonds is 2. The smallest absolute Gasteiger partial charge is 0.259 e. The second kappa shape index (κ2) is 6.77. The average Bonchev–Trinajstić information content (AvgIpc) is 3.09. The number of carbonyl (C=O) groups is 1. The standard InChI is InChI=1S/C14H22N4O2.ClH/c1-10-13(11(2)20-16-10)14(19)18-7-5-17(6-8-18)12-3-4-15-9-12;/h12,15H,3-9H2,1-2H3;1H. The molecular formula is C14H23ClN4O2. The lowest BCUT2D eigenvalue weighted by atomic mass is 10.1. The number of carbonyl (C=O) groups excluding carboxylic acids is 1. The number of nitrogens with zero attached hydrogens (tertiary/aromatic N) is 3. The minimum Gasteiger partial charge on any atom is -0.361 e. The van der Waals surface area contributed by atoms with Crippen molar-refractivity contribution in [1.82, 2.24) is 20.3 Å². The lowest BCUT2D eigenvalue weighted by molar-refractivity contribution is 0.0581. The minimum absolute atomic E-state index is 0. The van der Waals surface area contributed by atoms with Gasteiger partial charge in [0.1, 0.15) is 11.3 Å². The molecule has 2 aliphatic heterocycles. The third-order valence-corrected chi connectivity index (χ3v) is 4.40. The van der Waals surface area contributed by atoms with Crippen molar-refractivity contribution in [3.8, 4) is 0 Å². The number of hydrogen-bond acceptors (Lipinski definition) is 5. The van der Waals surface area contributed by atoms with E-state index in [0.717, 1.165) is 39.3 Å². The summed E-state index contributed by atoms with van der Waals surface area (Å²) in [6.45, 7) is 9.32. The zero-order chi connectivity index (χ0) is 14.1. The van der Waals surface area contributed by atoms with Crippen molar-refractivity contribution in [1.29, 1.82) is 0 Å². The summed E-state index contributed by atoms with van der Waals surface area (Å²) >= 11 is 0. The minimum atomic E-state index is 0. The topological polar surface area (TPSA) is 61.6 Å². The molecule has 2 fully saturated rings. The van der Waals surface area contributed by atoms with Gasteiger partial charge in [-0.05, 0) is 26.8 Å². The highest BCUT2D eigenvalue weighted by Gasteiger charge is 2.30. The van der Waals surface area contributed by atoms with Gasteiger partial charge < -0.3 is 14.7 Å². The predicted octanol–water partition coefficient (Wildman–Crippen LogP) is 0.833. The lowest BCUT2D eigenvalue weighted by Crippen LogP contribution is -2.52. The first-order valence-corrected chi connectivity index (χ1v) is 7.33. The van der Waals surface area contributed by atoms with E-state index in [1.165, 1.54) is 6.42 Å². The van der Waals surface area contributed by atoms with Gasteiger partial charge in [-0.25, -0.2) is 0 Å². The molecule has 0 saturated carbocycles. The van der Waals surface area contributed by atoms with Crippen LogP contribution < -0.4 is 5.32 Å². The summed E-state index contributed by atoms with van der Waals surface area (Å²) in [6.07, 6.45) is 1.22. The van der Waals surface area contributed by atoms with Gasteiger partial charge in [-0.15, -0.1) is 12.4 Å². The van der Waals surface area contributed by atoms with Crippen LogP contribution in [0.1, 0.15) is 28.2 Å². The van der Waals surface area contributed by atoms with Crippen LogP contribution in [0.15, 0.2) is 4.52 Å². The Morgan fingerprint density at radius 2 is 2.00 bits per heavy atom. The maximum atomic E-state index is 12.5. The predicted molar refractivity (Wildman–Crippen MR) is 82.0 cm³/mol. The Balaban J connectivity index is 0.00000161. The van der Waals surface area contributed by atoms with Crippen LogP contribution in [0.25, 0.3) is 0 Å². The van der Waals surface area contributed by atoms with Gasteiger partial charge in [0.05, 0.1) is 5.69 Å². The van der Waals surface area contributed by atoms with Crippen molar-refractivity contribution >= 4 is 18.3 Å². The average molecular weight is 315 g/mol.